The summed E-state index contributed by atoms with van der Waals surface area (Å²) >= 11 is 5.90. The van der Waals surface area contributed by atoms with Crippen molar-refractivity contribution in [3.63, 3.8) is 0 Å². The van der Waals surface area contributed by atoms with E-state index in [9.17, 15) is 4.79 Å². The van der Waals surface area contributed by atoms with Crippen molar-refractivity contribution in [2.24, 2.45) is 5.10 Å². The second kappa shape index (κ2) is 8.31. The lowest BCUT2D eigenvalue weighted by atomic mass is 10.1. The van der Waals surface area contributed by atoms with E-state index >= 15 is 0 Å². The van der Waals surface area contributed by atoms with Gasteiger partial charge in [0.15, 0.2) is 0 Å². The molecule has 0 bridgehead atoms. The SMILES string of the molecule is CCOc1ccc(-c2cc(C(=O)N/N=C/c3cccc(Cl)c3)[nH]n2)cc1. The molecule has 3 rings (SSSR count). The molecule has 7 heteroatoms. The number of hydrogen-bond donors (Lipinski definition) is 2. The number of ether oxygens (including phenoxy) is 1. The fourth-order valence-corrected chi connectivity index (χ4v) is 2.49. The predicted octanol–water partition coefficient (Wildman–Crippen LogP) is 3.89. The van der Waals surface area contributed by atoms with Crippen LogP contribution in [0.3, 0.4) is 0 Å². The molecule has 2 aromatic carbocycles. The summed E-state index contributed by atoms with van der Waals surface area (Å²) in [7, 11) is 0. The lowest BCUT2D eigenvalue weighted by Crippen LogP contribution is -2.17. The number of hydrogen-bond acceptors (Lipinski definition) is 4. The monoisotopic (exact) mass is 368 g/mol. The normalized spacial score (nSPS) is 10.8. The van der Waals surface area contributed by atoms with Crippen molar-refractivity contribution in [2.75, 3.05) is 6.61 Å². The molecule has 0 saturated carbocycles. The van der Waals surface area contributed by atoms with Gasteiger partial charge in [-0.05, 0) is 55.0 Å². The Labute approximate surface area is 155 Å². The van der Waals surface area contributed by atoms with Crippen LogP contribution in [0.5, 0.6) is 5.75 Å². The molecule has 0 unspecified atom stereocenters. The molecule has 0 radical (unpaired) electrons. The zero-order valence-electron chi connectivity index (χ0n) is 14.1. The van der Waals surface area contributed by atoms with E-state index < -0.39 is 0 Å². The molecular weight excluding hydrogens is 352 g/mol. The number of aromatic amines is 1. The maximum atomic E-state index is 12.1. The Morgan fingerprint density at radius 1 is 1.27 bits per heavy atom. The lowest BCUT2D eigenvalue weighted by Gasteiger charge is -2.02. The van der Waals surface area contributed by atoms with Gasteiger partial charge in [0.2, 0.25) is 0 Å². The van der Waals surface area contributed by atoms with Crippen LogP contribution in [0.4, 0.5) is 0 Å². The number of nitrogens with zero attached hydrogens (tertiary/aromatic N) is 2. The summed E-state index contributed by atoms with van der Waals surface area (Å²) in [5, 5.41) is 11.4. The number of hydrazone groups is 1. The maximum absolute atomic E-state index is 12.1. The van der Waals surface area contributed by atoms with Gasteiger partial charge in [-0.2, -0.15) is 10.2 Å². The molecule has 0 aliphatic carbocycles. The van der Waals surface area contributed by atoms with Gasteiger partial charge in [0, 0.05) is 10.6 Å². The number of amides is 1. The second-order valence-corrected chi connectivity index (χ2v) is 5.81. The molecule has 1 amide bonds. The van der Waals surface area contributed by atoms with E-state index in [-0.39, 0.29) is 5.91 Å². The summed E-state index contributed by atoms with van der Waals surface area (Å²) in [5.74, 6) is 0.410. The molecule has 0 saturated heterocycles. The van der Waals surface area contributed by atoms with Crippen molar-refractivity contribution in [2.45, 2.75) is 6.92 Å². The number of rotatable bonds is 6. The van der Waals surface area contributed by atoms with Crippen molar-refractivity contribution in [3.05, 3.63) is 70.9 Å². The molecule has 132 valence electrons. The van der Waals surface area contributed by atoms with Crippen LogP contribution in [0, 0.1) is 0 Å². The Morgan fingerprint density at radius 2 is 2.08 bits per heavy atom. The highest BCUT2D eigenvalue weighted by Gasteiger charge is 2.10. The first-order chi connectivity index (χ1) is 12.7. The average Bonchev–Trinajstić information content (AvgIpc) is 3.13. The van der Waals surface area contributed by atoms with E-state index in [0.717, 1.165) is 16.9 Å². The Morgan fingerprint density at radius 3 is 2.81 bits per heavy atom. The summed E-state index contributed by atoms with van der Waals surface area (Å²) in [6.07, 6.45) is 1.52. The summed E-state index contributed by atoms with van der Waals surface area (Å²) in [6, 6.07) is 16.3. The largest absolute Gasteiger partial charge is 0.494 e. The predicted molar refractivity (Wildman–Crippen MR) is 102 cm³/mol. The first kappa shape index (κ1) is 17.7. The minimum absolute atomic E-state index is 0.317. The Kier molecular flexibility index (Phi) is 5.66. The zero-order chi connectivity index (χ0) is 18.4. The molecule has 0 aliphatic heterocycles. The van der Waals surface area contributed by atoms with Crippen LogP contribution in [-0.4, -0.2) is 28.9 Å². The van der Waals surface area contributed by atoms with Gasteiger partial charge in [0.1, 0.15) is 11.4 Å². The number of halogens is 1. The third-order valence-corrected chi connectivity index (χ3v) is 3.75. The van der Waals surface area contributed by atoms with E-state index in [1.54, 1.807) is 18.2 Å². The van der Waals surface area contributed by atoms with Gasteiger partial charge in [0.05, 0.1) is 18.5 Å². The second-order valence-electron chi connectivity index (χ2n) is 5.38. The van der Waals surface area contributed by atoms with Gasteiger partial charge in [-0.3, -0.25) is 9.89 Å². The lowest BCUT2D eigenvalue weighted by molar-refractivity contribution is 0.0950. The van der Waals surface area contributed by atoms with Gasteiger partial charge in [-0.1, -0.05) is 23.7 Å². The minimum atomic E-state index is -0.382. The summed E-state index contributed by atoms with van der Waals surface area (Å²) < 4.78 is 5.41. The van der Waals surface area contributed by atoms with Gasteiger partial charge in [-0.25, -0.2) is 5.43 Å². The van der Waals surface area contributed by atoms with Crippen LogP contribution in [0.15, 0.2) is 59.7 Å². The molecule has 26 heavy (non-hydrogen) atoms. The van der Waals surface area contributed by atoms with E-state index in [0.29, 0.717) is 23.0 Å². The topological polar surface area (TPSA) is 79.4 Å². The van der Waals surface area contributed by atoms with E-state index in [1.807, 2.05) is 43.3 Å². The summed E-state index contributed by atoms with van der Waals surface area (Å²) in [6.45, 7) is 2.54. The summed E-state index contributed by atoms with van der Waals surface area (Å²) in [4.78, 5) is 12.1. The number of carbonyl (C=O) groups is 1. The molecule has 3 aromatic rings. The number of nitrogens with one attached hydrogen (secondary N) is 2. The van der Waals surface area contributed by atoms with E-state index in [2.05, 4.69) is 20.7 Å². The minimum Gasteiger partial charge on any atom is -0.494 e. The van der Waals surface area contributed by atoms with Gasteiger partial charge < -0.3 is 4.74 Å². The Bertz CT molecular complexity index is 919. The standard InChI is InChI=1S/C19H17ClN4O2/c1-2-26-16-8-6-14(7-9-16)17-11-18(23-22-17)19(25)24-21-12-13-4-3-5-15(20)10-13/h3-12H,2H2,1H3,(H,22,23)(H,24,25)/b21-12+. The van der Waals surface area contributed by atoms with E-state index in [4.69, 9.17) is 16.3 Å². The van der Waals surface area contributed by atoms with Crippen LogP contribution < -0.4 is 10.2 Å². The quantitative estimate of drug-likeness (QED) is 0.511. The van der Waals surface area contributed by atoms with Crippen molar-refractivity contribution >= 4 is 23.7 Å². The molecule has 0 fully saturated rings. The highest BCUT2D eigenvalue weighted by atomic mass is 35.5. The molecule has 2 N–H and O–H groups in total. The number of carbonyl (C=O) groups excluding carboxylic acids is 1. The van der Waals surface area contributed by atoms with Gasteiger partial charge >= 0.3 is 0 Å². The third-order valence-electron chi connectivity index (χ3n) is 3.51. The Hall–Kier alpha value is -3.12. The van der Waals surface area contributed by atoms with Crippen LogP contribution in [0.1, 0.15) is 23.0 Å². The molecule has 1 heterocycles. The number of benzene rings is 2. The van der Waals surface area contributed by atoms with E-state index in [1.165, 1.54) is 6.21 Å². The summed E-state index contributed by atoms with van der Waals surface area (Å²) in [5.41, 5.74) is 5.10. The fraction of sp³-hybridized carbons (Fsp3) is 0.105. The molecule has 6 nitrogen and oxygen atoms in total. The van der Waals surface area contributed by atoms with Crippen LogP contribution in [0.2, 0.25) is 5.02 Å². The average molecular weight is 369 g/mol. The van der Waals surface area contributed by atoms with Gasteiger partial charge in [-0.15, -0.1) is 0 Å². The van der Waals surface area contributed by atoms with Crippen molar-refractivity contribution < 1.29 is 9.53 Å². The number of H-pyrrole nitrogens is 1. The molecule has 0 spiro atoms. The highest BCUT2D eigenvalue weighted by molar-refractivity contribution is 6.30. The fourth-order valence-electron chi connectivity index (χ4n) is 2.29. The van der Waals surface area contributed by atoms with Crippen LogP contribution in [0.25, 0.3) is 11.3 Å². The van der Waals surface area contributed by atoms with Crippen molar-refractivity contribution in [3.8, 4) is 17.0 Å². The van der Waals surface area contributed by atoms with Crippen LogP contribution in [-0.2, 0) is 0 Å². The first-order valence-electron chi connectivity index (χ1n) is 8.03. The Balaban J connectivity index is 1.64. The molecular formula is C19H17ClN4O2. The third kappa shape index (κ3) is 4.49. The smallest absolute Gasteiger partial charge is 0.289 e. The molecule has 0 atom stereocenters. The molecule has 1 aromatic heterocycles. The number of aromatic nitrogens is 2. The molecule has 0 aliphatic rings. The zero-order valence-corrected chi connectivity index (χ0v) is 14.8. The first-order valence-corrected chi connectivity index (χ1v) is 8.41. The van der Waals surface area contributed by atoms with Crippen molar-refractivity contribution in [1.29, 1.82) is 0 Å². The van der Waals surface area contributed by atoms with Gasteiger partial charge in [0.25, 0.3) is 5.91 Å². The highest BCUT2D eigenvalue weighted by Crippen LogP contribution is 2.21. The van der Waals surface area contributed by atoms with Crippen molar-refractivity contribution in [1.82, 2.24) is 15.6 Å². The maximum Gasteiger partial charge on any atom is 0.289 e. The van der Waals surface area contributed by atoms with Crippen LogP contribution >= 0.6 is 11.6 Å².